The maximum Gasteiger partial charge on any atom is 0.346 e. The minimum atomic E-state index is -4.49. The number of fused-ring (bicyclic) bond motifs is 2. The van der Waals surface area contributed by atoms with Gasteiger partial charge in [0, 0.05) is 11.5 Å². The van der Waals surface area contributed by atoms with Crippen LogP contribution in [0, 0.1) is 0 Å². The molecule has 0 aliphatic rings. The Morgan fingerprint density at radius 3 is 2.64 bits per heavy atom. The van der Waals surface area contributed by atoms with Gasteiger partial charge in [-0.2, -0.15) is 8.42 Å². The number of para-hydroxylation sites is 1. The lowest BCUT2D eigenvalue weighted by atomic mass is 10.2. The van der Waals surface area contributed by atoms with Crippen molar-refractivity contribution in [3.05, 3.63) is 52.9 Å². The third kappa shape index (κ3) is 2.68. The van der Waals surface area contributed by atoms with E-state index in [0.717, 1.165) is 10.2 Å². The van der Waals surface area contributed by atoms with Gasteiger partial charge in [0.1, 0.15) is 15.5 Å². The summed E-state index contributed by atoms with van der Waals surface area (Å²) in [7, 11) is -4.49. The van der Waals surface area contributed by atoms with Gasteiger partial charge in [-0.3, -0.25) is 4.55 Å². The number of thiazole rings is 1. The van der Waals surface area contributed by atoms with Crippen molar-refractivity contribution in [3.8, 4) is 10.6 Å². The average molecular weight is 374 g/mol. The number of nitrogen functional groups attached to an aromatic ring is 1. The molecule has 0 saturated heterocycles. The molecule has 0 aliphatic heterocycles. The van der Waals surface area contributed by atoms with Crippen LogP contribution in [0.25, 0.3) is 31.8 Å². The summed E-state index contributed by atoms with van der Waals surface area (Å²) in [6.45, 7) is 0. The molecule has 0 aliphatic carbocycles. The molecule has 2 heterocycles. The molecule has 126 valence electrons. The van der Waals surface area contributed by atoms with E-state index in [2.05, 4.69) is 4.98 Å². The molecule has 4 rings (SSSR count). The van der Waals surface area contributed by atoms with Gasteiger partial charge in [-0.05, 0) is 24.3 Å². The van der Waals surface area contributed by atoms with E-state index >= 15 is 0 Å². The first-order chi connectivity index (χ1) is 11.8. The number of hydrogen-bond donors (Lipinski definition) is 2. The smallest absolute Gasteiger partial charge is 0.346 e. The van der Waals surface area contributed by atoms with E-state index in [9.17, 15) is 17.8 Å². The number of rotatable bonds is 2. The average Bonchev–Trinajstić information content (AvgIpc) is 2.96. The summed E-state index contributed by atoms with van der Waals surface area (Å²) in [5.41, 5.74) is 5.88. The fourth-order valence-corrected chi connectivity index (χ4v) is 4.12. The van der Waals surface area contributed by atoms with E-state index in [0.29, 0.717) is 10.4 Å². The highest BCUT2D eigenvalue weighted by Crippen LogP contribution is 2.31. The van der Waals surface area contributed by atoms with Crippen molar-refractivity contribution in [1.29, 1.82) is 0 Å². The molecular weight excluding hydrogens is 364 g/mol. The van der Waals surface area contributed by atoms with Crippen molar-refractivity contribution < 1.29 is 17.4 Å². The molecule has 7 nitrogen and oxygen atoms in total. The highest BCUT2D eigenvalue weighted by atomic mass is 32.2. The highest BCUT2D eigenvalue weighted by Gasteiger charge is 2.18. The predicted molar refractivity (Wildman–Crippen MR) is 95.3 cm³/mol. The summed E-state index contributed by atoms with van der Waals surface area (Å²) < 4.78 is 38.2. The SMILES string of the molecule is Nc1cc2oc(=O)c(-c3nc4ccccc4s3)cc2cc1S(=O)(=O)O. The monoisotopic (exact) mass is 374 g/mol. The van der Waals surface area contributed by atoms with E-state index in [1.54, 1.807) is 0 Å². The third-order valence-electron chi connectivity index (χ3n) is 3.67. The van der Waals surface area contributed by atoms with Crippen LogP contribution in [0.5, 0.6) is 0 Å². The predicted octanol–water partition coefficient (Wildman–Crippen LogP) is 2.90. The van der Waals surface area contributed by atoms with Gasteiger partial charge in [0.05, 0.1) is 21.5 Å². The Bertz CT molecular complexity index is 1270. The molecule has 3 N–H and O–H groups in total. The summed E-state index contributed by atoms with van der Waals surface area (Å²) in [6, 6.07) is 11.3. The summed E-state index contributed by atoms with van der Waals surface area (Å²) >= 11 is 1.32. The molecule has 9 heteroatoms. The first-order valence-corrected chi connectivity index (χ1v) is 9.29. The summed E-state index contributed by atoms with van der Waals surface area (Å²) in [5, 5.41) is 0.776. The first kappa shape index (κ1) is 15.8. The molecule has 2 aromatic heterocycles. The van der Waals surface area contributed by atoms with Gasteiger partial charge >= 0.3 is 5.63 Å². The normalized spacial score (nSPS) is 12.0. The molecule has 0 spiro atoms. The van der Waals surface area contributed by atoms with Crippen molar-refractivity contribution in [1.82, 2.24) is 4.98 Å². The van der Waals surface area contributed by atoms with Crippen molar-refractivity contribution in [3.63, 3.8) is 0 Å². The van der Waals surface area contributed by atoms with Gasteiger partial charge in [0.15, 0.2) is 0 Å². The lowest BCUT2D eigenvalue weighted by Crippen LogP contribution is -2.06. The maximum absolute atomic E-state index is 12.3. The third-order valence-corrected chi connectivity index (χ3v) is 5.65. The number of nitrogens with zero attached hydrogens (tertiary/aromatic N) is 1. The Balaban J connectivity index is 2.00. The Morgan fingerprint density at radius 2 is 1.92 bits per heavy atom. The van der Waals surface area contributed by atoms with Crippen molar-refractivity contribution in [2.24, 2.45) is 0 Å². The highest BCUT2D eigenvalue weighted by molar-refractivity contribution is 7.86. The molecule has 2 aromatic carbocycles. The number of nitrogens with two attached hydrogens (primary N) is 1. The van der Waals surface area contributed by atoms with Gasteiger partial charge in [-0.15, -0.1) is 11.3 Å². The van der Waals surface area contributed by atoms with Crippen LogP contribution in [0.1, 0.15) is 0 Å². The van der Waals surface area contributed by atoms with Crippen molar-refractivity contribution >= 4 is 48.3 Å². The zero-order chi connectivity index (χ0) is 17.8. The standard InChI is InChI=1S/C16H10N2O5S2/c17-10-7-12-8(6-14(10)25(20,21)22)5-9(16(19)23-12)15-18-11-3-1-2-4-13(11)24-15/h1-7H,17H2,(H,20,21,22). The lowest BCUT2D eigenvalue weighted by molar-refractivity contribution is 0.483. The number of aromatic nitrogens is 1. The van der Waals surface area contributed by atoms with Crippen LogP contribution in [0.3, 0.4) is 0 Å². The van der Waals surface area contributed by atoms with E-state index in [1.165, 1.54) is 29.5 Å². The van der Waals surface area contributed by atoms with Crippen LogP contribution in [0.15, 0.2) is 56.6 Å². The fourth-order valence-electron chi connectivity index (χ4n) is 2.52. The van der Waals surface area contributed by atoms with Crippen LogP contribution in [-0.2, 0) is 10.1 Å². The van der Waals surface area contributed by atoms with E-state index in [4.69, 9.17) is 10.2 Å². The summed E-state index contributed by atoms with van der Waals surface area (Å²) in [5.74, 6) is 0. The minimum Gasteiger partial charge on any atom is -0.422 e. The van der Waals surface area contributed by atoms with E-state index < -0.39 is 20.6 Å². The van der Waals surface area contributed by atoms with Gasteiger partial charge in [0.2, 0.25) is 0 Å². The molecular formula is C16H10N2O5S2. The number of benzene rings is 2. The molecule has 0 fully saturated rings. The molecule has 0 amide bonds. The van der Waals surface area contributed by atoms with Gasteiger partial charge in [0.25, 0.3) is 10.1 Å². The lowest BCUT2D eigenvalue weighted by Gasteiger charge is -2.05. The Kier molecular flexibility index (Phi) is 3.39. The fraction of sp³-hybridized carbons (Fsp3) is 0. The molecule has 0 bridgehead atoms. The summed E-state index contributed by atoms with van der Waals surface area (Å²) in [4.78, 5) is 16.3. The van der Waals surface area contributed by atoms with Crippen LogP contribution >= 0.6 is 11.3 Å². The van der Waals surface area contributed by atoms with Crippen LogP contribution in [-0.4, -0.2) is 18.0 Å². The molecule has 4 aromatic rings. The number of anilines is 1. The van der Waals surface area contributed by atoms with Crippen LogP contribution < -0.4 is 11.4 Å². The number of hydrogen-bond acceptors (Lipinski definition) is 7. The molecule has 25 heavy (non-hydrogen) atoms. The quantitative estimate of drug-likeness (QED) is 0.314. The second-order valence-corrected chi connectivity index (χ2v) is 7.76. The van der Waals surface area contributed by atoms with E-state index in [-0.39, 0.29) is 16.8 Å². The van der Waals surface area contributed by atoms with Gasteiger partial charge in [-0.25, -0.2) is 9.78 Å². The molecule has 0 saturated carbocycles. The Morgan fingerprint density at radius 1 is 1.16 bits per heavy atom. The second kappa shape index (κ2) is 5.38. The zero-order valence-corrected chi connectivity index (χ0v) is 14.1. The maximum atomic E-state index is 12.3. The zero-order valence-electron chi connectivity index (χ0n) is 12.5. The summed E-state index contributed by atoms with van der Waals surface area (Å²) in [6.07, 6.45) is 0. The van der Waals surface area contributed by atoms with Gasteiger partial charge in [-0.1, -0.05) is 12.1 Å². The first-order valence-electron chi connectivity index (χ1n) is 7.04. The van der Waals surface area contributed by atoms with Crippen LogP contribution in [0.2, 0.25) is 0 Å². The Hall–Kier alpha value is -2.75. The Labute approximate surface area is 145 Å². The van der Waals surface area contributed by atoms with Crippen molar-refractivity contribution in [2.45, 2.75) is 4.90 Å². The minimum absolute atomic E-state index is 0.125. The molecule has 0 radical (unpaired) electrons. The van der Waals surface area contributed by atoms with Crippen molar-refractivity contribution in [2.75, 3.05) is 5.73 Å². The topological polar surface area (TPSA) is 123 Å². The molecule has 0 unspecified atom stereocenters. The van der Waals surface area contributed by atoms with Gasteiger partial charge < -0.3 is 10.2 Å². The van der Waals surface area contributed by atoms with Crippen LogP contribution in [0.4, 0.5) is 5.69 Å². The molecule has 0 atom stereocenters. The second-order valence-electron chi connectivity index (χ2n) is 5.34. The van der Waals surface area contributed by atoms with E-state index in [1.807, 2.05) is 24.3 Å². The largest absolute Gasteiger partial charge is 0.422 e.